The van der Waals surface area contributed by atoms with Crippen LogP contribution in [0, 0.1) is 6.92 Å². The van der Waals surface area contributed by atoms with Crippen LogP contribution in [0.25, 0.3) is 0 Å². The first kappa shape index (κ1) is 13.0. The topological polar surface area (TPSA) is 80.9 Å². The van der Waals surface area contributed by atoms with Gasteiger partial charge in [0.2, 0.25) is 0 Å². The molecule has 5 nitrogen and oxygen atoms in total. The number of thiazole rings is 1. The summed E-state index contributed by atoms with van der Waals surface area (Å²) in [4.78, 5) is 20.1. The SMILES string of the molecule is Cc1csc(SCc2ncccc2C(=O)NN)n1. The molecular formula is C11H12N4OS2. The number of nitrogen functional groups attached to an aromatic ring is 1. The van der Waals surface area contributed by atoms with Gasteiger partial charge in [0.15, 0.2) is 0 Å². The van der Waals surface area contributed by atoms with E-state index in [1.807, 2.05) is 12.3 Å². The third-order valence-electron chi connectivity index (χ3n) is 2.20. The Hall–Kier alpha value is -1.44. The predicted molar refractivity (Wildman–Crippen MR) is 72.3 cm³/mol. The summed E-state index contributed by atoms with van der Waals surface area (Å²) < 4.78 is 0.970. The summed E-state index contributed by atoms with van der Waals surface area (Å²) in [6.45, 7) is 1.95. The molecule has 18 heavy (non-hydrogen) atoms. The molecule has 2 heterocycles. The van der Waals surface area contributed by atoms with Crippen molar-refractivity contribution < 1.29 is 4.79 Å². The van der Waals surface area contributed by atoms with Crippen LogP contribution in [0.5, 0.6) is 0 Å². The molecule has 0 bridgehead atoms. The van der Waals surface area contributed by atoms with Gasteiger partial charge in [0.05, 0.1) is 11.3 Å². The number of aryl methyl sites for hydroxylation is 1. The van der Waals surface area contributed by atoms with Gasteiger partial charge in [-0.25, -0.2) is 10.8 Å². The van der Waals surface area contributed by atoms with Crippen molar-refractivity contribution in [2.75, 3.05) is 0 Å². The van der Waals surface area contributed by atoms with Crippen LogP contribution in [-0.2, 0) is 5.75 Å². The summed E-state index contributed by atoms with van der Waals surface area (Å²) in [5.41, 5.74) is 4.33. The summed E-state index contributed by atoms with van der Waals surface area (Å²) in [7, 11) is 0. The summed E-state index contributed by atoms with van der Waals surface area (Å²) in [6.07, 6.45) is 1.66. The first-order valence-corrected chi connectivity index (χ1v) is 7.07. The van der Waals surface area contributed by atoms with E-state index >= 15 is 0 Å². The van der Waals surface area contributed by atoms with E-state index in [4.69, 9.17) is 5.84 Å². The van der Waals surface area contributed by atoms with Crippen molar-refractivity contribution in [3.05, 3.63) is 40.7 Å². The molecule has 94 valence electrons. The number of nitrogens with zero attached hydrogens (tertiary/aromatic N) is 2. The maximum absolute atomic E-state index is 11.6. The fraction of sp³-hybridized carbons (Fsp3) is 0.182. The van der Waals surface area contributed by atoms with Crippen molar-refractivity contribution in [2.24, 2.45) is 5.84 Å². The van der Waals surface area contributed by atoms with Crippen molar-refractivity contribution in [1.82, 2.24) is 15.4 Å². The Morgan fingerprint density at radius 1 is 1.61 bits per heavy atom. The molecule has 0 aliphatic rings. The van der Waals surface area contributed by atoms with E-state index in [1.54, 1.807) is 41.4 Å². The van der Waals surface area contributed by atoms with Crippen molar-refractivity contribution in [3.63, 3.8) is 0 Å². The van der Waals surface area contributed by atoms with Crippen molar-refractivity contribution in [3.8, 4) is 0 Å². The Bertz CT molecular complexity index is 555. The van der Waals surface area contributed by atoms with Crippen molar-refractivity contribution in [2.45, 2.75) is 17.0 Å². The van der Waals surface area contributed by atoms with Gasteiger partial charge in [-0.1, -0.05) is 11.8 Å². The molecular weight excluding hydrogens is 268 g/mol. The third kappa shape index (κ3) is 3.06. The molecule has 7 heteroatoms. The molecule has 0 spiro atoms. The van der Waals surface area contributed by atoms with E-state index in [2.05, 4.69) is 15.4 Å². The zero-order valence-electron chi connectivity index (χ0n) is 9.71. The maximum atomic E-state index is 11.6. The second-order valence-corrected chi connectivity index (χ2v) is 5.60. The molecule has 1 amide bonds. The molecule has 2 aromatic heterocycles. The van der Waals surface area contributed by atoms with Gasteiger partial charge in [0.1, 0.15) is 4.34 Å². The first-order valence-electron chi connectivity index (χ1n) is 5.20. The largest absolute Gasteiger partial charge is 0.290 e. The minimum Gasteiger partial charge on any atom is -0.290 e. The standard InChI is InChI=1S/C11H12N4OS2/c1-7-5-17-11(14-7)18-6-9-8(10(16)15-12)3-2-4-13-9/h2-5H,6,12H2,1H3,(H,15,16). The van der Waals surface area contributed by atoms with Crippen molar-refractivity contribution in [1.29, 1.82) is 0 Å². The summed E-state index contributed by atoms with van der Waals surface area (Å²) >= 11 is 3.15. The Labute approximate surface area is 113 Å². The van der Waals surface area contributed by atoms with Crippen LogP contribution < -0.4 is 11.3 Å². The van der Waals surface area contributed by atoms with E-state index < -0.39 is 0 Å². The van der Waals surface area contributed by atoms with Crippen LogP contribution in [0.3, 0.4) is 0 Å². The molecule has 0 aliphatic heterocycles. The van der Waals surface area contributed by atoms with E-state index in [-0.39, 0.29) is 5.91 Å². The lowest BCUT2D eigenvalue weighted by Crippen LogP contribution is -2.30. The Morgan fingerprint density at radius 3 is 3.11 bits per heavy atom. The monoisotopic (exact) mass is 280 g/mol. The fourth-order valence-electron chi connectivity index (χ4n) is 1.37. The Balaban J connectivity index is 2.11. The number of carbonyl (C=O) groups excluding carboxylic acids is 1. The molecule has 0 radical (unpaired) electrons. The van der Waals surface area contributed by atoms with Crippen LogP contribution in [-0.4, -0.2) is 15.9 Å². The van der Waals surface area contributed by atoms with Crippen molar-refractivity contribution >= 4 is 29.0 Å². The van der Waals surface area contributed by atoms with Gasteiger partial charge in [0.25, 0.3) is 5.91 Å². The normalized spacial score (nSPS) is 10.3. The zero-order valence-corrected chi connectivity index (χ0v) is 11.3. The summed E-state index contributed by atoms with van der Waals surface area (Å²) in [6, 6.07) is 3.42. The lowest BCUT2D eigenvalue weighted by molar-refractivity contribution is 0.0952. The number of hydrazine groups is 1. The molecule has 0 saturated heterocycles. The molecule has 3 N–H and O–H groups in total. The molecule has 2 rings (SSSR count). The van der Waals surface area contributed by atoms with Crippen LogP contribution >= 0.6 is 23.1 Å². The number of carbonyl (C=O) groups is 1. The number of thioether (sulfide) groups is 1. The minimum absolute atomic E-state index is 0.325. The molecule has 0 saturated carbocycles. The highest BCUT2D eigenvalue weighted by Gasteiger charge is 2.11. The summed E-state index contributed by atoms with van der Waals surface area (Å²) in [5.74, 6) is 5.41. The van der Waals surface area contributed by atoms with E-state index in [1.165, 1.54) is 0 Å². The predicted octanol–water partition coefficient (Wildman–Crippen LogP) is 1.74. The summed E-state index contributed by atoms with van der Waals surface area (Å²) in [5, 5.41) is 1.99. The van der Waals surface area contributed by atoms with E-state index in [0.29, 0.717) is 17.0 Å². The number of rotatable bonds is 4. The lowest BCUT2D eigenvalue weighted by atomic mass is 10.2. The van der Waals surface area contributed by atoms with Gasteiger partial charge in [-0.2, -0.15) is 0 Å². The number of nitrogens with one attached hydrogen (secondary N) is 1. The van der Waals surface area contributed by atoms with Crippen LogP contribution in [0.1, 0.15) is 21.7 Å². The quantitative estimate of drug-likeness (QED) is 0.386. The average Bonchev–Trinajstić information content (AvgIpc) is 2.81. The number of nitrogens with two attached hydrogens (primary N) is 1. The minimum atomic E-state index is -0.325. The number of hydrogen-bond acceptors (Lipinski definition) is 6. The smallest absolute Gasteiger partial charge is 0.267 e. The van der Waals surface area contributed by atoms with Crippen LogP contribution in [0.4, 0.5) is 0 Å². The zero-order chi connectivity index (χ0) is 13.0. The molecule has 0 aliphatic carbocycles. The van der Waals surface area contributed by atoms with Gasteiger partial charge in [0, 0.05) is 23.0 Å². The maximum Gasteiger partial charge on any atom is 0.267 e. The van der Waals surface area contributed by atoms with Gasteiger partial charge < -0.3 is 0 Å². The highest BCUT2D eigenvalue weighted by molar-refractivity contribution is 8.00. The van der Waals surface area contributed by atoms with Gasteiger partial charge >= 0.3 is 0 Å². The van der Waals surface area contributed by atoms with Crippen LogP contribution in [0.15, 0.2) is 28.0 Å². The Kier molecular flexibility index (Phi) is 4.29. The van der Waals surface area contributed by atoms with E-state index in [9.17, 15) is 4.79 Å². The fourth-order valence-corrected chi connectivity index (χ4v) is 3.18. The highest BCUT2D eigenvalue weighted by atomic mass is 32.2. The van der Waals surface area contributed by atoms with Gasteiger partial charge in [-0.15, -0.1) is 11.3 Å². The number of aromatic nitrogens is 2. The number of hydrogen-bond donors (Lipinski definition) is 2. The highest BCUT2D eigenvalue weighted by Crippen LogP contribution is 2.26. The second kappa shape index (κ2) is 5.94. The van der Waals surface area contributed by atoms with Crippen LogP contribution in [0.2, 0.25) is 0 Å². The molecule has 0 unspecified atom stereocenters. The number of amides is 1. The molecule has 0 fully saturated rings. The third-order valence-corrected chi connectivity index (χ3v) is 4.35. The molecule has 0 atom stereocenters. The molecule has 0 aromatic carbocycles. The van der Waals surface area contributed by atoms with Gasteiger partial charge in [-0.3, -0.25) is 15.2 Å². The molecule has 2 aromatic rings. The number of pyridine rings is 1. The second-order valence-electron chi connectivity index (χ2n) is 3.51. The Morgan fingerprint density at radius 2 is 2.44 bits per heavy atom. The van der Waals surface area contributed by atoms with E-state index in [0.717, 1.165) is 10.0 Å². The lowest BCUT2D eigenvalue weighted by Gasteiger charge is -2.05. The first-order chi connectivity index (χ1) is 8.70. The average molecular weight is 280 g/mol. The van der Waals surface area contributed by atoms with Gasteiger partial charge in [-0.05, 0) is 19.1 Å².